The summed E-state index contributed by atoms with van der Waals surface area (Å²) in [7, 11) is 0. The van der Waals surface area contributed by atoms with Crippen LogP contribution in [0, 0.1) is 0 Å². The van der Waals surface area contributed by atoms with Crippen molar-refractivity contribution in [2.24, 2.45) is 0 Å². The number of hydrogen-bond donors (Lipinski definition) is 0. The Bertz CT molecular complexity index is 451. The van der Waals surface area contributed by atoms with Crippen molar-refractivity contribution in [3.63, 3.8) is 0 Å². The first-order valence-electron chi connectivity index (χ1n) is 5.82. The van der Waals surface area contributed by atoms with Crippen LogP contribution in [0.4, 0.5) is 0 Å². The first-order chi connectivity index (χ1) is 7.24. The minimum absolute atomic E-state index is 0.601. The highest BCUT2D eigenvalue weighted by Gasteiger charge is 2.09. The number of para-hydroxylation sites is 1. The molecule has 0 aliphatic heterocycles. The van der Waals surface area contributed by atoms with E-state index in [4.69, 9.17) is 0 Å². The quantitative estimate of drug-likeness (QED) is 0.702. The molecule has 0 radical (unpaired) electrons. The van der Waals surface area contributed by atoms with Gasteiger partial charge < -0.3 is 4.57 Å². The van der Waals surface area contributed by atoms with Gasteiger partial charge in [0.2, 0.25) is 0 Å². The van der Waals surface area contributed by atoms with Gasteiger partial charge in [0.05, 0.1) is 0 Å². The van der Waals surface area contributed by atoms with Gasteiger partial charge in [-0.25, -0.2) is 0 Å². The first kappa shape index (κ1) is 10.3. The zero-order valence-corrected chi connectivity index (χ0v) is 9.83. The van der Waals surface area contributed by atoms with Crippen molar-refractivity contribution in [1.82, 2.24) is 4.57 Å². The lowest BCUT2D eigenvalue weighted by Gasteiger charge is -2.11. The molecule has 0 saturated heterocycles. The maximum absolute atomic E-state index is 2.46. The molecule has 2 aromatic rings. The van der Waals surface area contributed by atoms with E-state index < -0.39 is 0 Å². The van der Waals surface area contributed by atoms with Crippen LogP contribution < -0.4 is 0 Å². The fourth-order valence-electron chi connectivity index (χ4n) is 2.18. The molecule has 0 N–H and O–H groups in total. The van der Waals surface area contributed by atoms with Crippen molar-refractivity contribution in [3.8, 4) is 0 Å². The molecule has 1 heterocycles. The second kappa shape index (κ2) is 4.09. The molecular formula is C14H19N. The topological polar surface area (TPSA) is 4.93 Å². The standard InChI is InChI=1S/C14H19N/c1-4-9-15-13-8-6-5-7-12(13)10-14(15)11(2)3/h5-8,10-11H,4,9H2,1-3H3. The summed E-state index contributed by atoms with van der Waals surface area (Å²) in [5.74, 6) is 0.601. The summed E-state index contributed by atoms with van der Waals surface area (Å²) < 4.78 is 2.46. The molecule has 0 amide bonds. The largest absolute Gasteiger partial charge is 0.344 e. The second-order valence-corrected chi connectivity index (χ2v) is 4.43. The maximum atomic E-state index is 2.46. The molecule has 0 aliphatic rings. The van der Waals surface area contributed by atoms with Crippen LogP contribution in [0.1, 0.15) is 38.8 Å². The fourth-order valence-corrected chi connectivity index (χ4v) is 2.18. The minimum atomic E-state index is 0.601. The Hall–Kier alpha value is -1.24. The molecule has 0 unspecified atom stereocenters. The molecule has 0 aliphatic carbocycles. The van der Waals surface area contributed by atoms with Gasteiger partial charge in [-0.15, -0.1) is 0 Å². The Morgan fingerprint density at radius 1 is 1.20 bits per heavy atom. The molecular weight excluding hydrogens is 182 g/mol. The highest BCUT2D eigenvalue weighted by Crippen LogP contribution is 2.25. The summed E-state index contributed by atoms with van der Waals surface area (Å²) in [5.41, 5.74) is 2.83. The van der Waals surface area contributed by atoms with E-state index in [9.17, 15) is 0 Å². The Kier molecular flexibility index (Phi) is 2.81. The Balaban J connectivity index is 2.63. The van der Waals surface area contributed by atoms with Crippen molar-refractivity contribution in [2.45, 2.75) is 39.7 Å². The number of hydrogen-bond acceptors (Lipinski definition) is 0. The Labute approximate surface area is 91.7 Å². The predicted molar refractivity (Wildman–Crippen MR) is 66.3 cm³/mol. The maximum Gasteiger partial charge on any atom is 0.0482 e. The van der Waals surface area contributed by atoms with Gasteiger partial charge in [0.15, 0.2) is 0 Å². The zero-order chi connectivity index (χ0) is 10.8. The van der Waals surface area contributed by atoms with Crippen molar-refractivity contribution >= 4 is 10.9 Å². The Morgan fingerprint density at radius 3 is 2.60 bits per heavy atom. The number of aryl methyl sites for hydroxylation is 1. The van der Waals surface area contributed by atoms with Crippen molar-refractivity contribution in [2.75, 3.05) is 0 Å². The summed E-state index contributed by atoms with van der Waals surface area (Å²) in [6.07, 6.45) is 1.19. The van der Waals surface area contributed by atoms with E-state index in [1.165, 1.54) is 23.0 Å². The molecule has 1 aromatic carbocycles. The molecule has 0 bridgehead atoms. The van der Waals surface area contributed by atoms with E-state index in [0.29, 0.717) is 5.92 Å². The van der Waals surface area contributed by atoms with Gasteiger partial charge in [0, 0.05) is 17.8 Å². The molecule has 0 fully saturated rings. The number of nitrogens with zero attached hydrogens (tertiary/aromatic N) is 1. The van der Waals surface area contributed by atoms with Gasteiger partial charge in [0.1, 0.15) is 0 Å². The van der Waals surface area contributed by atoms with Gasteiger partial charge in [-0.05, 0) is 29.9 Å². The van der Waals surface area contributed by atoms with E-state index in [1.807, 2.05) is 0 Å². The van der Waals surface area contributed by atoms with Crippen LogP contribution in [0.2, 0.25) is 0 Å². The smallest absolute Gasteiger partial charge is 0.0482 e. The van der Waals surface area contributed by atoms with Gasteiger partial charge in [-0.2, -0.15) is 0 Å². The molecule has 0 saturated carbocycles. The second-order valence-electron chi connectivity index (χ2n) is 4.43. The zero-order valence-electron chi connectivity index (χ0n) is 9.83. The third kappa shape index (κ3) is 1.79. The number of rotatable bonds is 3. The van der Waals surface area contributed by atoms with E-state index in [0.717, 1.165) is 6.54 Å². The monoisotopic (exact) mass is 201 g/mol. The molecule has 1 nitrogen and oxygen atoms in total. The summed E-state index contributed by atoms with van der Waals surface area (Å²) in [6, 6.07) is 11.0. The lowest BCUT2D eigenvalue weighted by atomic mass is 10.1. The average Bonchev–Trinajstić information content (AvgIpc) is 2.58. The third-order valence-corrected chi connectivity index (χ3v) is 2.88. The van der Waals surface area contributed by atoms with Gasteiger partial charge in [-0.3, -0.25) is 0 Å². The highest BCUT2D eigenvalue weighted by atomic mass is 15.0. The highest BCUT2D eigenvalue weighted by molar-refractivity contribution is 5.81. The molecule has 0 atom stereocenters. The first-order valence-corrected chi connectivity index (χ1v) is 5.82. The molecule has 1 aromatic heterocycles. The van der Waals surface area contributed by atoms with Gasteiger partial charge >= 0.3 is 0 Å². The molecule has 2 rings (SSSR count). The fraction of sp³-hybridized carbons (Fsp3) is 0.429. The summed E-state index contributed by atoms with van der Waals surface area (Å²) in [6.45, 7) is 7.89. The third-order valence-electron chi connectivity index (χ3n) is 2.88. The van der Waals surface area contributed by atoms with Crippen LogP contribution in [-0.4, -0.2) is 4.57 Å². The van der Waals surface area contributed by atoms with Crippen LogP contribution >= 0.6 is 0 Å². The normalized spacial score (nSPS) is 11.5. The summed E-state index contributed by atoms with van der Waals surface area (Å²) in [4.78, 5) is 0. The summed E-state index contributed by atoms with van der Waals surface area (Å²) >= 11 is 0. The van der Waals surface area contributed by atoms with Crippen molar-refractivity contribution < 1.29 is 0 Å². The minimum Gasteiger partial charge on any atom is -0.344 e. The van der Waals surface area contributed by atoms with Crippen molar-refractivity contribution in [1.29, 1.82) is 0 Å². The average molecular weight is 201 g/mol. The predicted octanol–water partition coefficient (Wildman–Crippen LogP) is 4.17. The SMILES string of the molecule is CCCn1c(C(C)C)cc2ccccc21. The van der Waals surface area contributed by atoms with E-state index in [1.54, 1.807) is 0 Å². The molecule has 80 valence electrons. The molecule has 0 spiro atoms. The Morgan fingerprint density at radius 2 is 1.93 bits per heavy atom. The van der Waals surface area contributed by atoms with Crippen molar-refractivity contribution in [3.05, 3.63) is 36.0 Å². The van der Waals surface area contributed by atoms with E-state index in [2.05, 4.69) is 55.7 Å². The van der Waals surface area contributed by atoms with Crippen LogP contribution in [-0.2, 0) is 6.54 Å². The lowest BCUT2D eigenvalue weighted by Crippen LogP contribution is -2.03. The van der Waals surface area contributed by atoms with Crippen LogP contribution in [0.15, 0.2) is 30.3 Å². The lowest BCUT2D eigenvalue weighted by molar-refractivity contribution is 0.641. The van der Waals surface area contributed by atoms with Crippen LogP contribution in [0.25, 0.3) is 10.9 Å². The van der Waals surface area contributed by atoms with Crippen LogP contribution in [0.3, 0.4) is 0 Å². The van der Waals surface area contributed by atoms with E-state index >= 15 is 0 Å². The number of fused-ring (bicyclic) bond motifs is 1. The molecule has 15 heavy (non-hydrogen) atoms. The van der Waals surface area contributed by atoms with E-state index in [-0.39, 0.29) is 0 Å². The summed E-state index contributed by atoms with van der Waals surface area (Å²) in [5, 5.41) is 1.37. The number of aromatic nitrogens is 1. The van der Waals surface area contributed by atoms with Gasteiger partial charge in [-0.1, -0.05) is 39.0 Å². The van der Waals surface area contributed by atoms with Crippen LogP contribution in [0.5, 0.6) is 0 Å². The number of benzene rings is 1. The molecule has 1 heteroatoms. The van der Waals surface area contributed by atoms with Gasteiger partial charge in [0.25, 0.3) is 0 Å².